The van der Waals surface area contributed by atoms with Crippen molar-refractivity contribution < 1.29 is 26.4 Å². The Labute approximate surface area is 243 Å². The molecule has 0 saturated carbocycles. The summed E-state index contributed by atoms with van der Waals surface area (Å²) in [7, 11) is -3.54. The van der Waals surface area contributed by atoms with E-state index in [1.807, 2.05) is 11.6 Å². The number of halogens is 3. The Bertz CT molecular complexity index is 1990. The van der Waals surface area contributed by atoms with E-state index in [2.05, 4.69) is 9.94 Å². The third-order valence-corrected chi connectivity index (χ3v) is 7.99. The van der Waals surface area contributed by atoms with Crippen LogP contribution in [0.5, 0.6) is 0 Å². The number of benzene rings is 2. The summed E-state index contributed by atoms with van der Waals surface area (Å²) in [4.78, 5) is 42.1. The molecule has 1 amide bonds. The van der Waals surface area contributed by atoms with Gasteiger partial charge in [0.1, 0.15) is 10.6 Å². The lowest BCUT2D eigenvalue weighted by molar-refractivity contribution is -0.137. The predicted molar refractivity (Wildman–Crippen MR) is 151 cm³/mol. The van der Waals surface area contributed by atoms with Crippen LogP contribution in [-0.4, -0.2) is 33.2 Å². The number of hydrogen-bond acceptors (Lipinski definition) is 6. The van der Waals surface area contributed by atoms with Gasteiger partial charge in [-0.3, -0.25) is 18.7 Å². The Morgan fingerprint density at radius 2 is 1.77 bits per heavy atom. The number of hydrogen-bond donors (Lipinski definition) is 1. The van der Waals surface area contributed by atoms with Gasteiger partial charge in [0.05, 0.1) is 35.3 Å². The maximum absolute atomic E-state index is 13.7. The molecular formula is C28H25F3N6O5S. The number of sulfonamides is 1. The fraction of sp³-hybridized carbons (Fsp3) is 0.250. The number of unbranched alkanes of at least 4 members (excludes halogenated alkanes) is 1. The first-order valence-electron chi connectivity index (χ1n) is 12.8. The largest absolute Gasteiger partial charge is 0.416 e. The Hall–Kier alpha value is -4.97. The molecule has 1 N–H and O–H groups in total. The third-order valence-electron chi connectivity index (χ3n) is 6.62. The molecule has 0 spiro atoms. The fourth-order valence-electron chi connectivity index (χ4n) is 4.43. The van der Waals surface area contributed by atoms with Gasteiger partial charge in [-0.15, -0.1) is 0 Å². The lowest BCUT2D eigenvalue weighted by atomic mass is 10.1. The van der Waals surface area contributed by atoms with E-state index in [1.54, 1.807) is 0 Å². The minimum absolute atomic E-state index is 0.0848. The molecule has 2 heterocycles. The summed E-state index contributed by atoms with van der Waals surface area (Å²) < 4.78 is 72.1. The molecule has 0 aliphatic rings. The number of aromatic nitrogens is 4. The van der Waals surface area contributed by atoms with Gasteiger partial charge in [-0.1, -0.05) is 31.5 Å². The summed E-state index contributed by atoms with van der Waals surface area (Å²) in [5.74, 6) is -0.791. The van der Waals surface area contributed by atoms with Crippen molar-refractivity contribution in [3.05, 3.63) is 98.2 Å². The molecule has 4 aromatic rings. The van der Waals surface area contributed by atoms with Gasteiger partial charge in [-0.05, 0) is 43.7 Å². The van der Waals surface area contributed by atoms with Gasteiger partial charge in [0, 0.05) is 19.2 Å². The molecule has 15 heteroatoms. The van der Waals surface area contributed by atoms with Gasteiger partial charge in [0.15, 0.2) is 5.69 Å². The molecular weight excluding hydrogens is 589 g/mol. The number of alkyl halides is 3. The first-order valence-corrected chi connectivity index (χ1v) is 14.3. The summed E-state index contributed by atoms with van der Waals surface area (Å²) in [6.45, 7) is 10.3. The standard InChI is InChI=1S/C28H25F3N6O5S/c1-5-6-10-23(38)34-43(41,42)22-16-33-37(20-13-11-19(32-3)12-14-20)25(22)24-17(2)36(27(40)35(4)26(24)39)21-9-7-8-18(15-21)28(29,30)31/h7-9,11-16H,5-6,10H2,1-2,4H3,(H,34,38). The average Bonchev–Trinajstić information content (AvgIpc) is 3.40. The van der Waals surface area contributed by atoms with E-state index < -0.39 is 43.8 Å². The molecule has 224 valence electrons. The van der Waals surface area contributed by atoms with Crippen LogP contribution in [0, 0.1) is 13.5 Å². The molecule has 0 fully saturated rings. The number of carbonyl (C=O) groups excluding carboxylic acids is 1. The number of carbonyl (C=O) groups is 1. The van der Waals surface area contributed by atoms with Gasteiger partial charge in [0.25, 0.3) is 15.6 Å². The molecule has 43 heavy (non-hydrogen) atoms. The highest BCUT2D eigenvalue weighted by molar-refractivity contribution is 7.90. The van der Waals surface area contributed by atoms with Crippen LogP contribution in [0.15, 0.2) is 69.2 Å². The molecule has 0 bridgehead atoms. The van der Waals surface area contributed by atoms with Crippen molar-refractivity contribution in [2.45, 2.75) is 44.2 Å². The van der Waals surface area contributed by atoms with Crippen LogP contribution in [-0.2, 0) is 28.0 Å². The molecule has 0 aliphatic carbocycles. The van der Waals surface area contributed by atoms with E-state index in [1.165, 1.54) is 37.3 Å². The van der Waals surface area contributed by atoms with E-state index >= 15 is 0 Å². The maximum atomic E-state index is 13.7. The molecule has 0 atom stereocenters. The van der Waals surface area contributed by atoms with Gasteiger partial charge >= 0.3 is 11.9 Å². The van der Waals surface area contributed by atoms with Crippen molar-refractivity contribution in [3.63, 3.8) is 0 Å². The topological polar surface area (TPSA) is 129 Å². The Morgan fingerprint density at radius 1 is 1.09 bits per heavy atom. The molecule has 0 aliphatic heterocycles. The van der Waals surface area contributed by atoms with E-state index in [9.17, 15) is 36.0 Å². The van der Waals surface area contributed by atoms with E-state index in [0.717, 1.165) is 40.7 Å². The highest BCUT2D eigenvalue weighted by Gasteiger charge is 2.33. The van der Waals surface area contributed by atoms with Crippen LogP contribution in [0.1, 0.15) is 37.4 Å². The Balaban J connectivity index is 2.07. The van der Waals surface area contributed by atoms with Crippen LogP contribution in [0.3, 0.4) is 0 Å². The number of rotatable bonds is 8. The van der Waals surface area contributed by atoms with Gasteiger partial charge in [-0.25, -0.2) is 27.5 Å². The van der Waals surface area contributed by atoms with Crippen LogP contribution < -0.4 is 16.0 Å². The van der Waals surface area contributed by atoms with E-state index in [0.29, 0.717) is 17.4 Å². The molecule has 2 aromatic carbocycles. The summed E-state index contributed by atoms with van der Waals surface area (Å²) in [5.41, 5.74) is -3.61. The number of nitrogens with zero attached hydrogens (tertiary/aromatic N) is 5. The van der Waals surface area contributed by atoms with Gasteiger partial charge in [0.2, 0.25) is 5.91 Å². The second-order valence-corrected chi connectivity index (χ2v) is 11.2. The highest BCUT2D eigenvalue weighted by Crippen LogP contribution is 2.33. The van der Waals surface area contributed by atoms with Crippen LogP contribution >= 0.6 is 0 Å². The first kappa shape index (κ1) is 31.0. The maximum Gasteiger partial charge on any atom is 0.416 e. The second kappa shape index (κ2) is 11.7. The van der Waals surface area contributed by atoms with Crippen molar-refractivity contribution in [2.75, 3.05) is 0 Å². The van der Waals surface area contributed by atoms with Crippen molar-refractivity contribution in [1.82, 2.24) is 23.6 Å². The van der Waals surface area contributed by atoms with Crippen molar-refractivity contribution in [1.29, 1.82) is 0 Å². The van der Waals surface area contributed by atoms with Crippen LogP contribution in [0.4, 0.5) is 18.9 Å². The Morgan fingerprint density at radius 3 is 2.37 bits per heavy atom. The second-order valence-electron chi connectivity index (χ2n) is 9.52. The minimum Gasteiger partial charge on any atom is -0.274 e. The van der Waals surface area contributed by atoms with Gasteiger partial charge in [-0.2, -0.15) is 18.3 Å². The quantitative estimate of drug-likeness (QED) is 0.295. The molecule has 0 saturated heterocycles. The van der Waals surface area contributed by atoms with Crippen molar-refractivity contribution in [2.24, 2.45) is 7.05 Å². The van der Waals surface area contributed by atoms with Crippen molar-refractivity contribution in [3.8, 4) is 22.6 Å². The lowest BCUT2D eigenvalue weighted by Gasteiger charge is -2.18. The minimum atomic E-state index is -4.73. The SMILES string of the molecule is [C-]#[N+]c1ccc(-n2ncc(S(=O)(=O)NC(=O)CCCC)c2-c2c(C)n(-c3cccc(C(F)(F)F)c3)c(=O)n(C)c2=O)cc1. The normalized spacial score (nSPS) is 11.7. The summed E-state index contributed by atoms with van der Waals surface area (Å²) in [6.07, 6.45) is -2.85. The molecule has 0 radical (unpaired) electrons. The Kier molecular flexibility index (Phi) is 8.45. The fourth-order valence-corrected chi connectivity index (χ4v) is 5.57. The van der Waals surface area contributed by atoms with Crippen molar-refractivity contribution >= 4 is 21.6 Å². The molecule has 11 nitrogen and oxygen atoms in total. The average molecular weight is 615 g/mol. The van der Waals surface area contributed by atoms with E-state index in [4.69, 9.17) is 6.57 Å². The predicted octanol–water partition coefficient (Wildman–Crippen LogP) is 4.26. The zero-order valence-corrected chi connectivity index (χ0v) is 24.0. The summed E-state index contributed by atoms with van der Waals surface area (Å²) in [5, 5.41) is 4.16. The van der Waals surface area contributed by atoms with Crippen LogP contribution in [0.2, 0.25) is 0 Å². The zero-order valence-electron chi connectivity index (χ0n) is 23.1. The molecule has 2 aromatic heterocycles. The monoisotopic (exact) mass is 614 g/mol. The summed E-state index contributed by atoms with van der Waals surface area (Å²) >= 11 is 0. The zero-order chi connectivity index (χ0) is 31.7. The number of amides is 1. The van der Waals surface area contributed by atoms with Crippen LogP contribution in [0.25, 0.3) is 27.5 Å². The smallest absolute Gasteiger partial charge is 0.274 e. The number of nitrogens with one attached hydrogen (secondary N) is 1. The van der Waals surface area contributed by atoms with Gasteiger partial charge < -0.3 is 0 Å². The molecule has 0 unspecified atom stereocenters. The first-order chi connectivity index (χ1) is 20.2. The third kappa shape index (κ3) is 6.00. The highest BCUT2D eigenvalue weighted by atomic mass is 32.2. The lowest BCUT2D eigenvalue weighted by Crippen LogP contribution is -2.40. The molecule has 4 rings (SSSR count). The van der Waals surface area contributed by atoms with E-state index in [-0.39, 0.29) is 40.4 Å². The summed E-state index contributed by atoms with van der Waals surface area (Å²) in [6, 6.07) is 9.65.